The second-order valence-electron chi connectivity index (χ2n) is 10.4. The van der Waals surface area contributed by atoms with E-state index in [1.807, 2.05) is 6.07 Å². The Morgan fingerprint density at radius 1 is 1.05 bits per heavy atom. The van der Waals surface area contributed by atoms with Gasteiger partial charge in [0.25, 0.3) is 0 Å². The molecule has 2 heterocycles. The molecule has 0 unspecified atom stereocenters. The predicted octanol–water partition coefficient (Wildman–Crippen LogP) is 6.77. The molecule has 7 nitrogen and oxygen atoms in total. The first-order chi connectivity index (χ1) is 19.7. The highest BCUT2D eigenvalue weighted by atomic mass is 19.4. The molecule has 2 aromatic heterocycles. The number of rotatable bonds is 8. The summed E-state index contributed by atoms with van der Waals surface area (Å²) in [7, 11) is 3.41. The van der Waals surface area contributed by atoms with E-state index in [2.05, 4.69) is 20.5 Å². The number of aryl methyl sites for hydroxylation is 1. The highest BCUT2D eigenvalue weighted by Crippen LogP contribution is 2.39. The summed E-state index contributed by atoms with van der Waals surface area (Å²) in [6, 6.07) is 14.1. The Kier molecular flexibility index (Phi) is 6.87. The van der Waals surface area contributed by atoms with Gasteiger partial charge in [-0.3, -0.25) is 0 Å². The Labute approximate surface area is 233 Å². The Bertz CT molecular complexity index is 1720. The summed E-state index contributed by atoms with van der Waals surface area (Å²) >= 11 is 0. The molecule has 1 aliphatic carbocycles. The van der Waals surface area contributed by atoms with Crippen molar-refractivity contribution >= 4 is 11.1 Å². The first-order valence-electron chi connectivity index (χ1n) is 13.2. The van der Waals surface area contributed by atoms with E-state index in [9.17, 15) is 17.6 Å². The number of benzene rings is 3. The summed E-state index contributed by atoms with van der Waals surface area (Å²) in [6.07, 6.45) is -0.192. The summed E-state index contributed by atoms with van der Waals surface area (Å²) < 4.78 is 69.5. The maximum atomic E-state index is 14.2. The van der Waals surface area contributed by atoms with Crippen LogP contribution in [0.4, 0.5) is 17.6 Å². The third kappa shape index (κ3) is 5.22. The molecule has 1 N–H and O–H groups in total. The largest absolute Gasteiger partial charge is 0.435 e. The van der Waals surface area contributed by atoms with E-state index < -0.39 is 17.6 Å². The van der Waals surface area contributed by atoms with Gasteiger partial charge in [0.15, 0.2) is 11.4 Å². The van der Waals surface area contributed by atoms with Crippen LogP contribution in [0.3, 0.4) is 0 Å². The number of hydrogen-bond acceptors (Lipinski definition) is 6. The van der Waals surface area contributed by atoms with Crippen LogP contribution in [0.15, 0.2) is 65.3 Å². The molecule has 1 aliphatic rings. The van der Waals surface area contributed by atoms with Gasteiger partial charge in [0.05, 0.1) is 5.60 Å². The van der Waals surface area contributed by atoms with Gasteiger partial charge in [-0.1, -0.05) is 18.2 Å². The molecule has 0 bridgehead atoms. The van der Waals surface area contributed by atoms with Crippen LogP contribution in [0.2, 0.25) is 0 Å². The van der Waals surface area contributed by atoms with Gasteiger partial charge in [0.1, 0.15) is 23.2 Å². The SMILES string of the molecule is COC1(CNCc2cc(C(F)(F)F)c3oc(-c4cccc(-c5ccc(F)cc5-c5nncn5C)c4)nc3c2)CCC1. The first-order valence-corrected chi connectivity index (χ1v) is 13.2. The van der Waals surface area contributed by atoms with E-state index >= 15 is 0 Å². The highest BCUT2D eigenvalue weighted by Gasteiger charge is 2.37. The number of nitrogens with one attached hydrogen (secondary N) is 1. The number of ether oxygens (including phenoxy) is 1. The van der Waals surface area contributed by atoms with Crippen LogP contribution >= 0.6 is 0 Å². The number of hydrogen-bond donors (Lipinski definition) is 1. The standard InChI is InChI=1S/C30H27F4N5O2/c1-39-17-36-38-27(39)23-14-21(31)7-8-22(23)19-5-3-6-20(13-19)28-37-25-12-18(11-24(26(25)41-28)30(32,33)34)15-35-16-29(40-2)9-4-10-29/h3,5-8,11-14,17,35H,4,9-10,15-16H2,1-2H3. The van der Waals surface area contributed by atoms with Crippen LogP contribution in [0, 0.1) is 5.82 Å². The van der Waals surface area contributed by atoms with Gasteiger partial charge >= 0.3 is 6.18 Å². The Balaban J connectivity index is 1.36. The lowest BCUT2D eigenvalue weighted by Crippen LogP contribution is -2.47. The molecular formula is C30H27F4N5O2. The first kappa shape index (κ1) is 27.1. The van der Waals surface area contributed by atoms with Crippen LogP contribution in [0.25, 0.3) is 45.1 Å². The zero-order valence-corrected chi connectivity index (χ0v) is 22.4. The van der Waals surface area contributed by atoms with Gasteiger partial charge in [-0.05, 0) is 72.4 Å². The molecule has 6 rings (SSSR count). The van der Waals surface area contributed by atoms with Gasteiger partial charge in [-0.2, -0.15) is 13.2 Å². The molecule has 0 saturated heterocycles. The molecule has 0 amide bonds. The summed E-state index contributed by atoms with van der Waals surface area (Å²) in [5.41, 5.74) is 1.47. The third-order valence-electron chi connectivity index (χ3n) is 7.68. The molecule has 0 aliphatic heterocycles. The second-order valence-corrected chi connectivity index (χ2v) is 10.4. The van der Waals surface area contributed by atoms with E-state index in [1.165, 1.54) is 18.5 Å². The fraction of sp³-hybridized carbons (Fsp3) is 0.300. The number of oxazole rings is 1. The molecule has 5 aromatic rings. The summed E-state index contributed by atoms with van der Waals surface area (Å²) in [6.45, 7) is 0.788. The zero-order valence-electron chi connectivity index (χ0n) is 22.4. The van der Waals surface area contributed by atoms with E-state index in [-0.39, 0.29) is 29.1 Å². The monoisotopic (exact) mass is 565 g/mol. The topological polar surface area (TPSA) is 78.0 Å². The van der Waals surface area contributed by atoms with E-state index in [1.54, 1.807) is 49.1 Å². The van der Waals surface area contributed by atoms with E-state index in [0.717, 1.165) is 25.3 Å². The average Bonchev–Trinajstić information content (AvgIpc) is 3.55. The summed E-state index contributed by atoms with van der Waals surface area (Å²) in [4.78, 5) is 4.45. The smallest absolute Gasteiger partial charge is 0.420 e. The van der Waals surface area contributed by atoms with Crippen molar-refractivity contribution in [2.45, 2.75) is 37.6 Å². The molecule has 0 radical (unpaired) electrons. The van der Waals surface area contributed by atoms with E-state index in [4.69, 9.17) is 9.15 Å². The number of alkyl halides is 3. The van der Waals surface area contributed by atoms with Crippen LogP contribution in [0.1, 0.15) is 30.4 Å². The lowest BCUT2D eigenvalue weighted by Gasteiger charge is -2.40. The minimum Gasteiger partial charge on any atom is -0.435 e. The molecule has 1 saturated carbocycles. The maximum Gasteiger partial charge on any atom is 0.420 e. The Hall–Kier alpha value is -4.09. The molecule has 0 spiro atoms. The Morgan fingerprint density at radius 3 is 2.54 bits per heavy atom. The fourth-order valence-corrected chi connectivity index (χ4v) is 5.29. The predicted molar refractivity (Wildman–Crippen MR) is 145 cm³/mol. The summed E-state index contributed by atoms with van der Waals surface area (Å²) in [5.74, 6) is 0.0842. The van der Waals surface area contributed by atoms with Crippen molar-refractivity contribution in [3.63, 3.8) is 0 Å². The lowest BCUT2D eigenvalue weighted by atomic mass is 9.80. The quantitative estimate of drug-likeness (QED) is 0.209. The second kappa shape index (κ2) is 10.4. The highest BCUT2D eigenvalue weighted by molar-refractivity contribution is 5.84. The van der Waals surface area contributed by atoms with Gasteiger partial charge in [-0.15, -0.1) is 10.2 Å². The van der Waals surface area contributed by atoms with Crippen molar-refractivity contribution < 1.29 is 26.7 Å². The van der Waals surface area contributed by atoms with Crippen molar-refractivity contribution in [1.29, 1.82) is 0 Å². The van der Waals surface area contributed by atoms with Gasteiger partial charge in [0, 0.05) is 38.4 Å². The van der Waals surface area contributed by atoms with Gasteiger partial charge in [0.2, 0.25) is 5.89 Å². The van der Waals surface area contributed by atoms with Crippen molar-refractivity contribution in [3.05, 3.63) is 77.9 Å². The third-order valence-corrected chi connectivity index (χ3v) is 7.68. The van der Waals surface area contributed by atoms with Crippen LogP contribution in [-0.4, -0.2) is 39.0 Å². The fourth-order valence-electron chi connectivity index (χ4n) is 5.29. The van der Waals surface area contributed by atoms with Crippen molar-refractivity contribution in [2.75, 3.05) is 13.7 Å². The minimum atomic E-state index is -4.63. The van der Waals surface area contributed by atoms with Gasteiger partial charge < -0.3 is 19.0 Å². The normalized spacial score (nSPS) is 14.9. The number of aromatic nitrogens is 4. The molecule has 41 heavy (non-hydrogen) atoms. The molecule has 212 valence electrons. The molecule has 1 fully saturated rings. The van der Waals surface area contributed by atoms with Crippen molar-refractivity contribution in [1.82, 2.24) is 25.1 Å². The number of fused-ring (bicyclic) bond motifs is 1. The number of methoxy groups -OCH3 is 1. The van der Waals surface area contributed by atoms with Crippen molar-refractivity contribution in [3.8, 4) is 34.0 Å². The van der Waals surface area contributed by atoms with Crippen LogP contribution < -0.4 is 5.32 Å². The van der Waals surface area contributed by atoms with Crippen molar-refractivity contribution in [2.24, 2.45) is 7.05 Å². The molecule has 11 heteroatoms. The van der Waals surface area contributed by atoms with Crippen LogP contribution in [0.5, 0.6) is 0 Å². The number of halogens is 4. The van der Waals surface area contributed by atoms with E-state index in [0.29, 0.717) is 40.2 Å². The number of nitrogens with zero attached hydrogens (tertiary/aromatic N) is 4. The van der Waals surface area contributed by atoms with Crippen LogP contribution in [-0.2, 0) is 24.5 Å². The lowest BCUT2D eigenvalue weighted by molar-refractivity contribution is -0.136. The summed E-state index contributed by atoms with van der Waals surface area (Å²) in [5, 5.41) is 11.2. The molecule has 0 atom stereocenters. The maximum absolute atomic E-state index is 14.2. The molecular weight excluding hydrogens is 538 g/mol. The zero-order chi connectivity index (χ0) is 28.8. The Morgan fingerprint density at radius 2 is 1.85 bits per heavy atom. The molecule has 3 aromatic carbocycles. The van der Waals surface area contributed by atoms with Gasteiger partial charge in [-0.25, -0.2) is 9.37 Å². The average molecular weight is 566 g/mol. The minimum absolute atomic E-state index is 0.0487.